The van der Waals surface area contributed by atoms with Gasteiger partial charge in [0.05, 0.1) is 0 Å². The fourth-order valence-electron chi connectivity index (χ4n) is 3.31. The van der Waals surface area contributed by atoms with E-state index in [4.69, 9.17) is 0 Å². The van der Waals surface area contributed by atoms with E-state index in [9.17, 15) is 14.4 Å². The largest absolute Gasteiger partial charge is 0.353 e. The third-order valence-electron chi connectivity index (χ3n) is 4.94. The molecule has 1 N–H and O–H groups in total. The quantitative estimate of drug-likeness (QED) is 0.795. The van der Waals surface area contributed by atoms with Crippen LogP contribution in [0.25, 0.3) is 0 Å². The summed E-state index contributed by atoms with van der Waals surface area (Å²) in [4.78, 5) is 38.4. The number of rotatable bonds is 6. The van der Waals surface area contributed by atoms with Crippen molar-refractivity contribution in [2.75, 3.05) is 13.1 Å². The van der Waals surface area contributed by atoms with Crippen LogP contribution in [0.5, 0.6) is 0 Å². The van der Waals surface area contributed by atoms with Gasteiger partial charge in [-0.2, -0.15) is 0 Å². The Morgan fingerprint density at radius 1 is 1.12 bits per heavy atom. The van der Waals surface area contributed by atoms with Crippen molar-refractivity contribution >= 4 is 17.6 Å². The Kier molecular flexibility index (Phi) is 6.95. The van der Waals surface area contributed by atoms with Crippen molar-refractivity contribution in [2.24, 2.45) is 5.92 Å². The van der Waals surface area contributed by atoms with Gasteiger partial charge in [-0.25, -0.2) is 0 Å². The summed E-state index contributed by atoms with van der Waals surface area (Å²) in [6.45, 7) is 9.05. The van der Waals surface area contributed by atoms with Crippen molar-refractivity contribution < 1.29 is 14.4 Å². The van der Waals surface area contributed by atoms with Crippen molar-refractivity contribution in [3.63, 3.8) is 0 Å². The van der Waals surface area contributed by atoms with Crippen LogP contribution in [0.3, 0.4) is 0 Å². The first-order chi connectivity index (χ1) is 12.3. The normalized spacial score (nSPS) is 15.2. The van der Waals surface area contributed by atoms with Crippen molar-refractivity contribution in [3.05, 3.63) is 34.9 Å². The van der Waals surface area contributed by atoms with Gasteiger partial charge in [0.15, 0.2) is 5.78 Å². The number of amides is 2. The first-order valence-corrected chi connectivity index (χ1v) is 9.46. The summed E-state index contributed by atoms with van der Waals surface area (Å²) in [5.41, 5.74) is 2.70. The molecule has 1 saturated heterocycles. The fraction of sp³-hybridized carbons (Fsp3) is 0.571. The lowest BCUT2D eigenvalue weighted by molar-refractivity contribution is -0.135. The average Bonchev–Trinajstić information content (AvgIpc) is 2.61. The molecule has 0 spiro atoms. The van der Waals surface area contributed by atoms with E-state index in [-0.39, 0.29) is 42.4 Å². The molecule has 2 rings (SSSR count). The molecular weight excluding hydrogens is 328 g/mol. The molecule has 26 heavy (non-hydrogen) atoms. The van der Waals surface area contributed by atoms with Crippen LogP contribution in [0.2, 0.25) is 0 Å². The number of carbonyl (C=O) groups excluding carboxylic acids is 3. The lowest BCUT2D eigenvalue weighted by atomic mass is 9.99. The first kappa shape index (κ1) is 20.1. The van der Waals surface area contributed by atoms with Gasteiger partial charge in [-0.15, -0.1) is 0 Å². The number of hydrogen-bond donors (Lipinski definition) is 1. The molecule has 2 amide bonds. The number of ketones is 1. The molecule has 0 unspecified atom stereocenters. The van der Waals surface area contributed by atoms with Gasteiger partial charge in [0, 0.05) is 43.5 Å². The number of aryl methyl sites for hydroxylation is 2. The Bertz CT molecular complexity index is 674. The van der Waals surface area contributed by atoms with Gasteiger partial charge < -0.3 is 10.2 Å². The highest BCUT2D eigenvalue weighted by atomic mass is 16.2. The highest BCUT2D eigenvalue weighted by molar-refractivity contribution is 5.99. The number of carbonyl (C=O) groups is 3. The minimum atomic E-state index is -0.0858. The molecule has 0 aromatic heterocycles. The molecule has 0 bridgehead atoms. The molecule has 5 nitrogen and oxygen atoms in total. The second-order valence-electron chi connectivity index (χ2n) is 7.56. The zero-order valence-corrected chi connectivity index (χ0v) is 16.3. The predicted molar refractivity (Wildman–Crippen MR) is 102 cm³/mol. The second-order valence-corrected chi connectivity index (χ2v) is 7.56. The summed E-state index contributed by atoms with van der Waals surface area (Å²) in [5, 5.41) is 3.01. The molecule has 1 aromatic carbocycles. The van der Waals surface area contributed by atoms with Crippen LogP contribution < -0.4 is 5.32 Å². The van der Waals surface area contributed by atoms with Gasteiger partial charge in [-0.3, -0.25) is 14.4 Å². The number of piperidine rings is 1. The number of Topliss-reactive ketones (excluding diaryl/α,β-unsaturated/α-hetero) is 1. The van der Waals surface area contributed by atoms with Gasteiger partial charge in [0.1, 0.15) is 0 Å². The van der Waals surface area contributed by atoms with Crippen LogP contribution >= 0.6 is 0 Å². The Labute approximate surface area is 156 Å². The molecular formula is C21H30N2O3. The minimum Gasteiger partial charge on any atom is -0.353 e. The number of benzene rings is 1. The van der Waals surface area contributed by atoms with Crippen molar-refractivity contribution in [2.45, 2.75) is 59.4 Å². The molecule has 1 aliphatic rings. The van der Waals surface area contributed by atoms with Crippen LogP contribution in [-0.4, -0.2) is 41.6 Å². The van der Waals surface area contributed by atoms with Crippen LogP contribution in [-0.2, 0) is 9.59 Å². The molecule has 0 aliphatic carbocycles. The minimum absolute atomic E-state index is 0.0113. The first-order valence-electron chi connectivity index (χ1n) is 9.46. The summed E-state index contributed by atoms with van der Waals surface area (Å²) < 4.78 is 0. The van der Waals surface area contributed by atoms with Crippen LogP contribution in [0, 0.1) is 19.8 Å². The maximum absolute atomic E-state index is 12.4. The number of likely N-dealkylation sites (tertiary alicyclic amines) is 1. The third-order valence-corrected chi connectivity index (χ3v) is 4.94. The van der Waals surface area contributed by atoms with E-state index in [0.717, 1.165) is 24.0 Å². The molecule has 1 aliphatic heterocycles. The predicted octanol–water partition coefficient (Wildman–Crippen LogP) is 3.03. The Morgan fingerprint density at radius 2 is 1.77 bits per heavy atom. The van der Waals surface area contributed by atoms with Crippen molar-refractivity contribution in [3.8, 4) is 0 Å². The van der Waals surface area contributed by atoms with Gasteiger partial charge in [0.25, 0.3) is 0 Å². The summed E-state index contributed by atoms with van der Waals surface area (Å²) in [6, 6.07) is 5.90. The Morgan fingerprint density at radius 3 is 2.38 bits per heavy atom. The summed E-state index contributed by atoms with van der Waals surface area (Å²) in [7, 11) is 0. The van der Waals surface area contributed by atoms with Gasteiger partial charge in [-0.05, 0) is 38.3 Å². The summed E-state index contributed by atoms with van der Waals surface area (Å²) in [5.74, 6) is 0.113. The average molecular weight is 358 g/mol. The smallest absolute Gasteiger partial charge is 0.225 e. The fourth-order valence-corrected chi connectivity index (χ4v) is 3.31. The van der Waals surface area contributed by atoms with E-state index in [2.05, 4.69) is 5.32 Å². The molecule has 142 valence electrons. The van der Waals surface area contributed by atoms with E-state index < -0.39 is 0 Å². The van der Waals surface area contributed by atoms with Crippen LogP contribution in [0.1, 0.15) is 61.0 Å². The molecule has 0 saturated carbocycles. The SMILES string of the molecule is Cc1ccc(C)c(C(=O)CCC(=O)NC2CCN(C(=O)C(C)C)CC2)c1. The molecule has 5 heteroatoms. The topological polar surface area (TPSA) is 66.5 Å². The van der Waals surface area contributed by atoms with Crippen LogP contribution in [0.15, 0.2) is 18.2 Å². The number of hydrogen-bond acceptors (Lipinski definition) is 3. The van der Waals surface area contributed by atoms with Gasteiger partial charge in [-0.1, -0.05) is 31.5 Å². The Hall–Kier alpha value is -2.17. The molecule has 1 fully saturated rings. The zero-order chi connectivity index (χ0) is 19.3. The summed E-state index contributed by atoms with van der Waals surface area (Å²) in [6.07, 6.45) is 1.97. The number of nitrogens with zero attached hydrogens (tertiary/aromatic N) is 1. The molecule has 0 radical (unpaired) electrons. The molecule has 1 heterocycles. The van der Waals surface area contributed by atoms with Crippen molar-refractivity contribution in [1.82, 2.24) is 10.2 Å². The van der Waals surface area contributed by atoms with E-state index in [1.807, 2.05) is 50.8 Å². The lowest BCUT2D eigenvalue weighted by Gasteiger charge is -2.33. The highest BCUT2D eigenvalue weighted by Gasteiger charge is 2.25. The van der Waals surface area contributed by atoms with E-state index in [1.54, 1.807) is 0 Å². The second kappa shape index (κ2) is 8.97. The maximum atomic E-state index is 12.4. The number of nitrogens with one attached hydrogen (secondary N) is 1. The van der Waals surface area contributed by atoms with Crippen molar-refractivity contribution in [1.29, 1.82) is 0 Å². The highest BCUT2D eigenvalue weighted by Crippen LogP contribution is 2.15. The molecule has 1 aromatic rings. The molecule has 0 atom stereocenters. The third kappa shape index (κ3) is 5.41. The maximum Gasteiger partial charge on any atom is 0.225 e. The Balaban J connectivity index is 1.77. The van der Waals surface area contributed by atoms with E-state index in [0.29, 0.717) is 18.7 Å². The van der Waals surface area contributed by atoms with E-state index in [1.165, 1.54) is 0 Å². The van der Waals surface area contributed by atoms with Gasteiger partial charge >= 0.3 is 0 Å². The lowest BCUT2D eigenvalue weighted by Crippen LogP contribution is -2.47. The van der Waals surface area contributed by atoms with E-state index >= 15 is 0 Å². The standard InChI is InChI=1S/C21H30N2O3/c1-14(2)21(26)23-11-9-17(10-12-23)22-20(25)8-7-19(24)18-13-15(3)5-6-16(18)4/h5-6,13-14,17H,7-12H2,1-4H3,(H,22,25). The summed E-state index contributed by atoms with van der Waals surface area (Å²) >= 11 is 0. The van der Waals surface area contributed by atoms with Gasteiger partial charge in [0.2, 0.25) is 11.8 Å². The zero-order valence-electron chi connectivity index (χ0n) is 16.3. The van der Waals surface area contributed by atoms with Crippen LogP contribution in [0.4, 0.5) is 0 Å². The monoisotopic (exact) mass is 358 g/mol.